The standard InChI is InChI=1S/C21H19N3O5/c1-13(25)15-7-9-16(10-8-15)23-20(27)14(2)29-19(26)11-24-12-22-18-6-4-3-5-17(18)21(24)28/h3-10,12,14H,11H2,1-2H3,(H,23,27). The third kappa shape index (κ3) is 4.73. The van der Waals surface area contributed by atoms with Crippen molar-refractivity contribution in [2.75, 3.05) is 5.32 Å². The van der Waals surface area contributed by atoms with Crippen molar-refractivity contribution in [2.45, 2.75) is 26.5 Å². The summed E-state index contributed by atoms with van der Waals surface area (Å²) < 4.78 is 6.26. The van der Waals surface area contributed by atoms with Crippen LogP contribution in [0.3, 0.4) is 0 Å². The van der Waals surface area contributed by atoms with Crippen molar-refractivity contribution in [1.29, 1.82) is 0 Å². The van der Waals surface area contributed by atoms with Crippen molar-refractivity contribution in [1.82, 2.24) is 9.55 Å². The number of hydrogen-bond acceptors (Lipinski definition) is 6. The maximum atomic E-state index is 12.4. The minimum absolute atomic E-state index is 0.0800. The summed E-state index contributed by atoms with van der Waals surface area (Å²) in [6.45, 7) is 2.52. The normalized spacial score (nSPS) is 11.7. The maximum Gasteiger partial charge on any atom is 0.326 e. The molecule has 1 unspecified atom stereocenters. The first-order valence-electron chi connectivity index (χ1n) is 8.90. The fraction of sp³-hybridized carbons (Fsp3) is 0.190. The molecule has 0 aliphatic heterocycles. The summed E-state index contributed by atoms with van der Waals surface area (Å²) in [5, 5.41) is 3.00. The van der Waals surface area contributed by atoms with Gasteiger partial charge in [-0.15, -0.1) is 0 Å². The van der Waals surface area contributed by atoms with E-state index in [0.29, 0.717) is 22.2 Å². The zero-order valence-corrected chi connectivity index (χ0v) is 15.9. The van der Waals surface area contributed by atoms with Crippen LogP contribution in [-0.4, -0.2) is 33.3 Å². The molecule has 0 fully saturated rings. The topological polar surface area (TPSA) is 107 Å². The number of hydrogen-bond donors (Lipinski definition) is 1. The number of anilines is 1. The maximum absolute atomic E-state index is 12.4. The Balaban J connectivity index is 1.61. The Labute approximate surface area is 166 Å². The minimum atomic E-state index is -1.07. The first-order chi connectivity index (χ1) is 13.8. The van der Waals surface area contributed by atoms with Gasteiger partial charge < -0.3 is 10.1 Å². The summed E-state index contributed by atoms with van der Waals surface area (Å²) in [7, 11) is 0. The highest BCUT2D eigenvalue weighted by atomic mass is 16.5. The van der Waals surface area contributed by atoms with E-state index in [-0.39, 0.29) is 17.9 Å². The molecule has 8 nitrogen and oxygen atoms in total. The van der Waals surface area contributed by atoms with Gasteiger partial charge in [-0.3, -0.25) is 23.7 Å². The van der Waals surface area contributed by atoms with E-state index in [4.69, 9.17) is 4.74 Å². The molecule has 1 N–H and O–H groups in total. The van der Waals surface area contributed by atoms with Crippen molar-refractivity contribution in [3.8, 4) is 0 Å². The Morgan fingerprint density at radius 3 is 2.48 bits per heavy atom. The fourth-order valence-corrected chi connectivity index (χ4v) is 2.68. The molecule has 8 heteroatoms. The molecule has 0 spiro atoms. The molecule has 0 aliphatic carbocycles. The molecule has 1 aromatic heterocycles. The Bertz CT molecular complexity index is 1140. The number of benzene rings is 2. The highest BCUT2D eigenvalue weighted by Gasteiger charge is 2.19. The Hall–Kier alpha value is -3.81. The van der Waals surface area contributed by atoms with Crippen LogP contribution < -0.4 is 10.9 Å². The molecule has 2 aromatic carbocycles. The number of aromatic nitrogens is 2. The van der Waals surface area contributed by atoms with E-state index >= 15 is 0 Å². The summed E-state index contributed by atoms with van der Waals surface area (Å²) in [5.41, 5.74) is 1.16. The second kappa shape index (κ2) is 8.47. The largest absolute Gasteiger partial charge is 0.451 e. The van der Waals surface area contributed by atoms with Gasteiger partial charge >= 0.3 is 5.97 Å². The lowest BCUT2D eigenvalue weighted by atomic mass is 10.1. The van der Waals surface area contributed by atoms with Gasteiger partial charge in [0.15, 0.2) is 11.9 Å². The summed E-state index contributed by atoms with van der Waals surface area (Å²) in [5.74, 6) is -1.35. The Morgan fingerprint density at radius 1 is 1.10 bits per heavy atom. The van der Waals surface area contributed by atoms with Gasteiger partial charge in [-0.05, 0) is 50.2 Å². The molecule has 0 saturated heterocycles. The zero-order chi connectivity index (χ0) is 21.0. The number of amides is 1. The number of nitrogens with one attached hydrogen (secondary N) is 1. The SMILES string of the molecule is CC(=O)c1ccc(NC(=O)C(C)OC(=O)Cn2cnc3ccccc3c2=O)cc1. The summed E-state index contributed by atoms with van der Waals surface area (Å²) in [4.78, 5) is 52.2. The van der Waals surface area contributed by atoms with Gasteiger partial charge in [0.2, 0.25) is 0 Å². The average molecular weight is 393 g/mol. The lowest BCUT2D eigenvalue weighted by molar-refractivity contribution is -0.153. The van der Waals surface area contributed by atoms with E-state index in [1.54, 1.807) is 48.5 Å². The second-order valence-corrected chi connectivity index (χ2v) is 6.45. The first-order valence-corrected chi connectivity index (χ1v) is 8.90. The molecule has 1 atom stereocenters. The Morgan fingerprint density at radius 2 is 1.79 bits per heavy atom. The molecule has 0 saturated carbocycles. The van der Waals surface area contributed by atoms with Crippen LogP contribution >= 0.6 is 0 Å². The van der Waals surface area contributed by atoms with Gasteiger partial charge in [-0.2, -0.15) is 0 Å². The van der Waals surface area contributed by atoms with E-state index in [1.807, 2.05) is 0 Å². The fourth-order valence-electron chi connectivity index (χ4n) is 2.68. The van der Waals surface area contributed by atoms with Crippen molar-refractivity contribution in [2.24, 2.45) is 0 Å². The van der Waals surface area contributed by atoms with Crippen LogP contribution in [0.25, 0.3) is 10.9 Å². The lowest BCUT2D eigenvalue weighted by Gasteiger charge is -2.14. The number of rotatable bonds is 6. The van der Waals surface area contributed by atoms with E-state index in [2.05, 4.69) is 10.3 Å². The van der Waals surface area contributed by atoms with Gasteiger partial charge in [0, 0.05) is 11.3 Å². The third-order valence-electron chi connectivity index (χ3n) is 4.27. The van der Waals surface area contributed by atoms with Crippen LogP contribution in [0.15, 0.2) is 59.7 Å². The molecule has 0 aliphatic rings. The van der Waals surface area contributed by atoms with Crippen LogP contribution in [0.5, 0.6) is 0 Å². The van der Waals surface area contributed by atoms with Crippen molar-refractivity contribution >= 4 is 34.3 Å². The molecule has 3 aromatic rings. The average Bonchev–Trinajstić information content (AvgIpc) is 2.70. The van der Waals surface area contributed by atoms with Gasteiger partial charge in [0.1, 0.15) is 6.54 Å². The molecule has 0 bridgehead atoms. The number of ether oxygens (including phenoxy) is 1. The number of para-hydroxylation sites is 1. The number of carbonyl (C=O) groups excluding carboxylic acids is 3. The van der Waals surface area contributed by atoms with Crippen molar-refractivity contribution < 1.29 is 19.1 Å². The monoisotopic (exact) mass is 393 g/mol. The van der Waals surface area contributed by atoms with E-state index < -0.39 is 18.0 Å². The van der Waals surface area contributed by atoms with Crippen molar-refractivity contribution in [3.05, 3.63) is 70.8 Å². The highest BCUT2D eigenvalue weighted by molar-refractivity contribution is 5.97. The molecule has 0 radical (unpaired) electrons. The van der Waals surface area contributed by atoms with Gasteiger partial charge in [-0.25, -0.2) is 4.98 Å². The molecule has 1 amide bonds. The van der Waals surface area contributed by atoms with Crippen LogP contribution in [-0.2, 0) is 20.9 Å². The number of nitrogens with zero attached hydrogens (tertiary/aromatic N) is 2. The molecular weight excluding hydrogens is 374 g/mol. The molecule has 148 valence electrons. The van der Waals surface area contributed by atoms with E-state index in [9.17, 15) is 19.2 Å². The smallest absolute Gasteiger partial charge is 0.326 e. The van der Waals surface area contributed by atoms with Gasteiger partial charge in [0.05, 0.1) is 17.2 Å². The zero-order valence-electron chi connectivity index (χ0n) is 15.9. The molecule has 29 heavy (non-hydrogen) atoms. The number of carbonyl (C=O) groups is 3. The van der Waals surface area contributed by atoms with Gasteiger partial charge in [-0.1, -0.05) is 12.1 Å². The van der Waals surface area contributed by atoms with E-state index in [1.165, 1.54) is 20.2 Å². The van der Waals surface area contributed by atoms with Crippen LogP contribution in [0, 0.1) is 0 Å². The quantitative estimate of drug-likeness (QED) is 0.508. The highest BCUT2D eigenvalue weighted by Crippen LogP contribution is 2.11. The molecular formula is C21H19N3O5. The lowest BCUT2D eigenvalue weighted by Crippen LogP contribution is -2.33. The summed E-state index contributed by atoms with van der Waals surface area (Å²) in [6, 6.07) is 13.2. The molecule has 1 heterocycles. The molecule has 3 rings (SSSR count). The minimum Gasteiger partial charge on any atom is -0.451 e. The van der Waals surface area contributed by atoms with E-state index in [0.717, 1.165) is 4.57 Å². The number of esters is 1. The Kier molecular flexibility index (Phi) is 5.82. The number of fused-ring (bicyclic) bond motifs is 1. The summed E-state index contributed by atoms with van der Waals surface area (Å²) >= 11 is 0. The number of Topliss-reactive ketones (excluding diaryl/α,β-unsaturated/α-hetero) is 1. The predicted molar refractivity (Wildman–Crippen MR) is 107 cm³/mol. The second-order valence-electron chi connectivity index (χ2n) is 6.45. The van der Waals surface area contributed by atoms with Crippen LogP contribution in [0.1, 0.15) is 24.2 Å². The van der Waals surface area contributed by atoms with Crippen LogP contribution in [0.2, 0.25) is 0 Å². The third-order valence-corrected chi connectivity index (χ3v) is 4.27. The number of ketones is 1. The van der Waals surface area contributed by atoms with Crippen LogP contribution in [0.4, 0.5) is 5.69 Å². The summed E-state index contributed by atoms with van der Waals surface area (Å²) in [6.07, 6.45) is 0.201. The predicted octanol–water partition coefficient (Wildman–Crippen LogP) is 2.17. The van der Waals surface area contributed by atoms with Crippen molar-refractivity contribution in [3.63, 3.8) is 0 Å². The van der Waals surface area contributed by atoms with Gasteiger partial charge in [0.25, 0.3) is 11.5 Å². The first kappa shape index (κ1) is 19.9.